The molecule has 0 fully saturated rings. The molecular formula is C22H27NO2. The van der Waals surface area contributed by atoms with Crippen molar-refractivity contribution in [2.24, 2.45) is 5.92 Å². The van der Waals surface area contributed by atoms with E-state index >= 15 is 0 Å². The number of nitrogens with one attached hydrogen (secondary N) is 1. The smallest absolute Gasteiger partial charge is 0.227 e. The third-order valence-electron chi connectivity index (χ3n) is 4.29. The maximum absolute atomic E-state index is 12.6. The summed E-state index contributed by atoms with van der Waals surface area (Å²) in [5.74, 6) is 0.219. The van der Waals surface area contributed by atoms with Gasteiger partial charge in [-0.2, -0.15) is 0 Å². The number of hydrogen-bond donors (Lipinski definition) is 1. The first kappa shape index (κ1) is 18.9. The second-order valence-electron chi connectivity index (χ2n) is 7.08. The van der Waals surface area contributed by atoms with E-state index in [1.54, 1.807) is 18.2 Å². The molecule has 1 amide bonds. The van der Waals surface area contributed by atoms with Gasteiger partial charge in [0.25, 0.3) is 0 Å². The summed E-state index contributed by atoms with van der Waals surface area (Å²) in [7, 11) is 0. The molecule has 0 saturated carbocycles. The Morgan fingerprint density at radius 2 is 1.52 bits per heavy atom. The molecule has 0 radical (unpaired) electrons. The van der Waals surface area contributed by atoms with Crippen LogP contribution >= 0.6 is 0 Å². The molecule has 0 aliphatic carbocycles. The fraction of sp³-hybridized carbons (Fsp3) is 0.364. The van der Waals surface area contributed by atoms with Crippen molar-refractivity contribution in [3.8, 4) is 0 Å². The molecule has 2 atom stereocenters. The van der Waals surface area contributed by atoms with Crippen LogP contribution in [0.25, 0.3) is 0 Å². The van der Waals surface area contributed by atoms with Crippen LogP contribution in [0.3, 0.4) is 0 Å². The molecule has 1 N–H and O–H groups in total. The molecular weight excluding hydrogens is 310 g/mol. The minimum absolute atomic E-state index is 0.00235. The zero-order valence-electron chi connectivity index (χ0n) is 15.5. The van der Waals surface area contributed by atoms with Gasteiger partial charge in [-0.25, -0.2) is 0 Å². The number of amides is 1. The van der Waals surface area contributed by atoms with Crippen LogP contribution in [0.5, 0.6) is 0 Å². The Morgan fingerprint density at radius 3 is 2.16 bits per heavy atom. The lowest BCUT2D eigenvalue weighted by molar-refractivity contribution is -0.122. The summed E-state index contributed by atoms with van der Waals surface area (Å²) in [4.78, 5) is 25.1. The van der Waals surface area contributed by atoms with Gasteiger partial charge in [0.2, 0.25) is 5.91 Å². The van der Waals surface area contributed by atoms with Crippen molar-refractivity contribution in [1.29, 1.82) is 0 Å². The van der Waals surface area contributed by atoms with Gasteiger partial charge in [0.05, 0.1) is 5.92 Å². The maximum atomic E-state index is 12.6. The van der Waals surface area contributed by atoms with Crippen LogP contribution < -0.4 is 5.32 Å². The van der Waals surface area contributed by atoms with Gasteiger partial charge >= 0.3 is 0 Å². The molecule has 2 aromatic carbocycles. The fourth-order valence-electron chi connectivity index (χ4n) is 2.99. The Kier molecular flexibility index (Phi) is 6.51. The van der Waals surface area contributed by atoms with E-state index in [9.17, 15) is 9.59 Å². The molecule has 0 aliphatic heterocycles. The molecule has 2 rings (SSSR count). The van der Waals surface area contributed by atoms with Crippen LogP contribution in [0.15, 0.2) is 54.6 Å². The molecule has 2 aromatic rings. The van der Waals surface area contributed by atoms with Crippen molar-refractivity contribution in [2.75, 3.05) is 0 Å². The van der Waals surface area contributed by atoms with E-state index in [4.69, 9.17) is 0 Å². The molecule has 132 valence electrons. The van der Waals surface area contributed by atoms with E-state index in [0.717, 1.165) is 12.0 Å². The van der Waals surface area contributed by atoms with Gasteiger partial charge in [-0.15, -0.1) is 0 Å². The second-order valence-corrected chi connectivity index (χ2v) is 7.08. The number of rotatable bonds is 7. The predicted octanol–water partition coefficient (Wildman–Crippen LogP) is 4.57. The van der Waals surface area contributed by atoms with Crippen LogP contribution in [-0.2, 0) is 4.79 Å². The molecule has 25 heavy (non-hydrogen) atoms. The van der Waals surface area contributed by atoms with E-state index in [1.165, 1.54) is 0 Å². The molecule has 0 bridgehead atoms. The van der Waals surface area contributed by atoms with E-state index in [-0.39, 0.29) is 23.7 Å². The Balaban J connectivity index is 2.12. The van der Waals surface area contributed by atoms with Gasteiger partial charge in [0.1, 0.15) is 0 Å². The Bertz CT molecular complexity index is 722. The lowest BCUT2D eigenvalue weighted by Crippen LogP contribution is -2.36. The van der Waals surface area contributed by atoms with Gasteiger partial charge in [-0.3, -0.25) is 9.59 Å². The van der Waals surface area contributed by atoms with Crippen molar-refractivity contribution in [3.63, 3.8) is 0 Å². The van der Waals surface area contributed by atoms with Crippen molar-refractivity contribution >= 4 is 11.7 Å². The van der Waals surface area contributed by atoms with Gasteiger partial charge in [0, 0.05) is 17.2 Å². The van der Waals surface area contributed by atoms with E-state index in [0.29, 0.717) is 17.0 Å². The number of carbonyl (C=O) groups excluding carboxylic acids is 2. The summed E-state index contributed by atoms with van der Waals surface area (Å²) in [5, 5.41) is 3.07. The SMILES string of the molecule is CC(C)C[C@@H](C)NC(=O)[C@@H](C)c1cccc(C(=O)c2ccccc2)c1. The van der Waals surface area contributed by atoms with Crippen LogP contribution in [0.4, 0.5) is 0 Å². The third-order valence-corrected chi connectivity index (χ3v) is 4.29. The highest BCUT2D eigenvalue weighted by Gasteiger charge is 2.19. The molecule has 3 heteroatoms. The second kappa shape index (κ2) is 8.61. The standard InChI is InChI=1S/C22H27NO2/c1-15(2)13-16(3)23-22(25)17(4)19-11-8-12-20(14-19)21(24)18-9-6-5-7-10-18/h5-12,14-17H,13H2,1-4H3,(H,23,25)/t16-,17+/m1/s1. The summed E-state index contributed by atoms with van der Waals surface area (Å²) in [6, 6.07) is 16.7. The molecule has 0 spiro atoms. The first-order chi connectivity index (χ1) is 11.9. The fourth-order valence-corrected chi connectivity index (χ4v) is 2.99. The highest BCUT2D eigenvalue weighted by atomic mass is 16.2. The number of benzene rings is 2. The summed E-state index contributed by atoms with van der Waals surface area (Å²) in [5.41, 5.74) is 2.12. The van der Waals surface area contributed by atoms with E-state index in [2.05, 4.69) is 19.2 Å². The summed E-state index contributed by atoms with van der Waals surface area (Å²) in [6.07, 6.45) is 0.949. The van der Waals surface area contributed by atoms with Gasteiger partial charge in [-0.1, -0.05) is 62.4 Å². The average Bonchev–Trinajstić information content (AvgIpc) is 2.60. The number of carbonyl (C=O) groups is 2. The minimum atomic E-state index is -0.293. The summed E-state index contributed by atoms with van der Waals surface area (Å²) >= 11 is 0. The number of hydrogen-bond acceptors (Lipinski definition) is 2. The Morgan fingerprint density at radius 1 is 0.880 bits per heavy atom. The summed E-state index contributed by atoms with van der Waals surface area (Å²) < 4.78 is 0. The molecule has 0 unspecified atom stereocenters. The van der Waals surface area contributed by atoms with Crippen LogP contribution in [0.2, 0.25) is 0 Å². The zero-order valence-corrected chi connectivity index (χ0v) is 15.5. The van der Waals surface area contributed by atoms with Crippen LogP contribution in [0.1, 0.15) is 61.5 Å². The van der Waals surface area contributed by atoms with Gasteiger partial charge in [0.15, 0.2) is 5.78 Å². The molecule has 0 heterocycles. The molecule has 3 nitrogen and oxygen atoms in total. The Labute approximate surface area is 150 Å². The van der Waals surface area contributed by atoms with Crippen molar-refractivity contribution in [3.05, 3.63) is 71.3 Å². The van der Waals surface area contributed by atoms with Crippen molar-refractivity contribution in [2.45, 2.75) is 46.1 Å². The van der Waals surface area contributed by atoms with Crippen LogP contribution in [0, 0.1) is 5.92 Å². The minimum Gasteiger partial charge on any atom is -0.353 e. The average molecular weight is 337 g/mol. The van der Waals surface area contributed by atoms with Crippen LogP contribution in [-0.4, -0.2) is 17.7 Å². The molecule has 0 saturated heterocycles. The van der Waals surface area contributed by atoms with E-state index < -0.39 is 0 Å². The number of ketones is 1. The zero-order chi connectivity index (χ0) is 18.4. The van der Waals surface area contributed by atoms with Gasteiger partial charge < -0.3 is 5.32 Å². The Hall–Kier alpha value is -2.42. The van der Waals surface area contributed by atoms with Gasteiger partial charge in [-0.05, 0) is 37.8 Å². The quantitative estimate of drug-likeness (QED) is 0.752. The first-order valence-electron chi connectivity index (χ1n) is 8.88. The van der Waals surface area contributed by atoms with Crippen molar-refractivity contribution in [1.82, 2.24) is 5.32 Å². The predicted molar refractivity (Wildman–Crippen MR) is 102 cm³/mol. The maximum Gasteiger partial charge on any atom is 0.227 e. The third kappa shape index (κ3) is 5.28. The normalized spacial score (nSPS) is 13.3. The molecule has 0 aromatic heterocycles. The topological polar surface area (TPSA) is 46.2 Å². The highest BCUT2D eigenvalue weighted by molar-refractivity contribution is 6.09. The van der Waals surface area contributed by atoms with E-state index in [1.807, 2.05) is 50.2 Å². The highest BCUT2D eigenvalue weighted by Crippen LogP contribution is 2.19. The lowest BCUT2D eigenvalue weighted by atomic mass is 9.94. The lowest BCUT2D eigenvalue weighted by Gasteiger charge is -2.19. The molecule has 0 aliphatic rings. The summed E-state index contributed by atoms with van der Waals surface area (Å²) in [6.45, 7) is 8.19. The first-order valence-corrected chi connectivity index (χ1v) is 8.88. The largest absolute Gasteiger partial charge is 0.353 e. The van der Waals surface area contributed by atoms with Crippen molar-refractivity contribution < 1.29 is 9.59 Å². The monoisotopic (exact) mass is 337 g/mol.